The van der Waals surface area contributed by atoms with Crippen molar-refractivity contribution in [1.82, 2.24) is 9.29 Å². The van der Waals surface area contributed by atoms with Crippen molar-refractivity contribution in [3.8, 4) is 17.4 Å². The van der Waals surface area contributed by atoms with Crippen molar-refractivity contribution in [2.24, 2.45) is 0 Å². The first kappa shape index (κ1) is 29.3. The summed E-state index contributed by atoms with van der Waals surface area (Å²) in [7, 11) is -3.10. The number of carbonyl (C=O) groups is 1. The van der Waals surface area contributed by atoms with E-state index in [0.29, 0.717) is 12.3 Å². The third kappa shape index (κ3) is 7.19. The average Bonchev–Trinajstić information content (AvgIpc) is 2.84. The van der Waals surface area contributed by atoms with Gasteiger partial charge in [-0.2, -0.15) is 17.5 Å². The fourth-order valence-corrected chi connectivity index (χ4v) is 4.58. The summed E-state index contributed by atoms with van der Waals surface area (Å²) in [5.41, 5.74) is -1.10. The SMILES string of the molecule is COCCOc1ccc(CN(C(=O)O)S(=O)(=O)c2ccc(Cl)cc2)c(Oc2ncc(C(F)(F)F)cc2Cl)c1. The zero-order valence-electron chi connectivity index (χ0n) is 19.4. The van der Waals surface area contributed by atoms with Gasteiger partial charge in [-0.1, -0.05) is 23.2 Å². The van der Waals surface area contributed by atoms with Gasteiger partial charge >= 0.3 is 12.3 Å². The Morgan fingerprint density at radius 3 is 2.34 bits per heavy atom. The predicted molar refractivity (Wildman–Crippen MR) is 130 cm³/mol. The molecule has 1 N–H and O–H groups in total. The highest BCUT2D eigenvalue weighted by molar-refractivity contribution is 7.89. The van der Waals surface area contributed by atoms with Crippen LogP contribution in [0.3, 0.4) is 0 Å². The number of benzene rings is 2. The Morgan fingerprint density at radius 2 is 1.76 bits per heavy atom. The van der Waals surface area contributed by atoms with Gasteiger partial charge in [0.05, 0.1) is 23.6 Å². The summed E-state index contributed by atoms with van der Waals surface area (Å²) in [5.74, 6) is -0.379. The van der Waals surface area contributed by atoms with E-state index < -0.39 is 45.3 Å². The molecule has 0 saturated heterocycles. The molecular weight excluding hydrogens is 576 g/mol. The number of carboxylic acid groups (broad SMARTS) is 1. The maximum Gasteiger partial charge on any atom is 0.421 e. The van der Waals surface area contributed by atoms with Crippen LogP contribution >= 0.6 is 23.2 Å². The van der Waals surface area contributed by atoms with Gasteiger partial charge in [0, 0.05) is 30.0 Å². The lowest BCUT2D eigenvalue weighted by Gasteiger charge is -2.21. The van der Waals surface area contributed by atoms with E-state index in [9.17, 15) is 31.5 Å². The Morgan fingerprint density at radius 1 is 1.08 bits per heavy atom. The van der Waals surface area contributed by atoms with Gasteiger partial charge in [-0.05, 0) is 42.5 Å². The molecule has 0 bridgehead atoms. The summed E-state index contributed by atoms with van der Waals surface area (Å²) in [6.07, 6.45) is -5.99. The number of methoxy groups -OCH3 is 1. The second-order valence-corrected chi connectivity index (χ2v) is 10.2. The Hall–Kier alpha value is -3.26. The number of hydrogen-bond donors (Lipinski definition) is 1. The molecule has 1 heterocycles. The molecule has 0 saturated carbocycles. The molecule has 9 nitrogen and oxygen atoms in total. The van der Waals surface area contributed by atoms with E-state index >= 15 is 0 Å². The number of hydrogen-bond acceptors (Lipinski definition) is 7. The number of aromatic nitrogens is 1. The van der Waals surface area contributed by atoms with Gasteiger partial charge in [-0.15, -0.1) is 0 Å². The standard InChI is InChI=1S/C23H19Cl2F3N2O7S/c1-35-8-9-36-17-5-2-14(13-30(22(31)32)38(33,34)18-6-3-16(24)4-7-18)20(11-17)37-21-19(25)10-15(12-29-21)23(26,27)28/h2-7,10-12H,8-9,13H2,1H3,(H,31,32). The number of amides is 1. The molecule has 38 heavy (non-hydrogen) atoms. The van der Waals surface area contributed by atoms with Crippen LogP contribution in [0.1, 0.15) is 11.1 Å². The molecule has 15 heteroatoms. The normalized spacial score (nSPS) is 11.7. The fourth-order valence-electron chi connectivity index (χ4n) is 3.00. The molecular formula is C23H19Cl2F3N2O7S. The topological polar surface area (TPSA) is 115 Å². The van der Waals surface area contributed by atoms with Crippen molar-refractivity contribution < 1.29 is 45.7 Å². The number of sulfonamides is 1. The Labute approximate surface area is 225 Å². The number of ether oxygens (including phenoxy) is 3. The maximum atomic E-state index is 13.1. The van der Waals surface area contributed by atoms with E-state index in [0.717, 1.165) is 12.1 Å². The second kappa shape index (κ2) is 12.1. The third-order valence-corrected chi connectivity index (χ3v) is 7.12. The molecule has 0 spiro atoms. The summed E-state index contributed by atoms with van der Waals surface area (Å²) in [6.45, 7) is -0.372. The minimum Gasteiger partial charge on any atom is -0.491 e. The molecule has 0 aliphatic carbocycles. The summed E-state index contributed by atoms with van der Waals surface area (Å²) >= 11 is 11.8. The highest BCUT2D eigenvalue weighted by atomic mass is 35.5. The van der Waals surface area contributed by atoms with E-state index in [1.54, 1.807) is 0 Å². The monoisotopic (exact) mass is 594 g/mol. The van der Waals surface area contributed by atoms with Crippen LogP contribution in [0.2, 0.25) is 10.0 Å². The van der Waals surface area contributed by atoms with Gasteiger partial charge in [0.2, 0.25) is 5.88 Å². The summed E-state index contributed by atoms with van der Waals surface area (Å²) < 4.78 is 81.3. The Kier molecular flexibility index (Phi) is 9.31. The summed E-state index contributed by atoms with van der Waals surface area (Å²) in [5, 5.41) is 9.47. The smallest absolute Gasteiger partial charge is 0.421 e. The second-order valence-electron chi connectivity index (χ2n) is 7.47. The van der Waals surface area contributed by atoms with Crippen molar-refractivity contribution in [3.05, 3.63) is 75.9 Å². The van der Waals surface area contributed by atoms with Crippen LogP contribution in [-0.4, -0.2) is 49.2 Å². The van der Waals surface area contributed by atoms with Crippen LogP contribution < -0.4 is 9.47 Å². The molecule has 204 valence electrons. The molecule has 1 aromatic heterocycles. The number of pyridine rings is 1. The highest BCUT2D eigenvalue weighted by Crippen LogP contribution is 2.37. The molecule has 2 aromatic carbocycles. The maximum absolute atomic E-state index is 13.1. The van der Waals surface area contributed by atoms with Crippen LogP contribution in [0.25, 0.3) is 0 Å². The van der Waals surface area contributed by atoms with Crippen LogP contribution in [-0.2, 0) is 27.5 Å². The number of nitrogens with zero attached hydrogens (tertiary/aromatic N) is 2. The Bertz CT molecular complexity index is 1410. The van der Waals surface area contributed by atoms with E-state index in [-0.39, 0.29) is 44.5 Å². The van der Waals surface area contributed by atoms with Gasteiger partial charge in [0.25, 0.3) is 10.0 Å². The molecule has 1 amide bonds. The predicted octanol–water partition coefficient (Wildman–Crippen LogP) is 6.09. The average molecular weight is 595 g/mol. The number of rotatable bonds is 10. The molecule has 3 rings (SSSR count). The lowest BCUT2D eigenvalue weighted by molar-refractivity contribution is -0.137. The third-order valence-electron chi connectivity index (χ3n) is 4.87. The quantitative estimate of drug-likeness (QED) is 0.280. The molecule has 3 aromatic rings. The fraction of sp³-hybridized carbons (Fsp3) is 0.217. The number of halogens is 5. The van der Waals surface area contributed by atoms with E-state index in [1.807, 2.05) is 0 Å². The van der Waals surface area contributed by atoms with E-state index in [1.165, 1.54) is 37.4 Å². The zero-order chi connectivity index (χ0) is 28.1. The van der Waals surface area contributed by atoms with Crippen molar-refractivity contribution in [3.63, 3.8) is 0 Å². The van der Waals surface area contributed by atoms with Crippen LogP contribution in [0.4, 0.5) is 18.0 Å². The van der Waals surface area contributed by atoms with Crippen molar-refractivity contribution in [2.75, 3.05) is 20.3 Å². The van der Waals surface area contributed by atoms with Gasteiger partial charge < -0.3 is 19.3 Å². The van der Waals surface area contributed by atoms with Crippen molar-refractivity contribution in [1.29, 1.82) is 0 Å². The first-order chi connectivity index (χ1) is 17.8. The molecule has 0 atom stereocenters. The van der Waals surface area contributed by atoms with Gasteiger partial charge in [0.1, 0.15) is 23.1 Å². The summed E-state index contributed by atoms with van der Waals surface area (Å²) in [4.78, 5) is 15.3. The first-order valence-electron chi connectivity index (χ1n) is 10.5. The van der Waals surface area contributed by atoms with Crippen LogP contribution in [0, 0.1) is 0 Å². The molecule has 0 unspecified atom stereocenters. The van der Waals surface area contributed by atoms with E-state index in [2.05, 4.69) is 4.98 Å². The number of alkyl halides is 3. The summed E-state index contributed by atoms with van der Waals surface area (Å²) in [6, 6.07) is 9.51. The lowest BCUT2D eigenvalue weighted by atomic mass is 10.2. The van der Waals surface area contributed by atoms with Crippen LogP contribution in [0.5, 0.6) is 17.4 Å². The van der Waals surface area contributed by atoms with Crippen LogP contribution in [0.15, 0.2) is 59.6 Å². The molecule has 0 fully saturated rings. The molecule has 0 aliphatic heterocycles. The minimum atomic E-state index is -4.70. The largest absolute Gasteiger partial charge is 0.491 e. The van der Waals surface area contributed by atoms with Gasteiger partial charge in [-0.25, -0.2) is 18.2 Å². The first-order valence-corrected chi connectivity index (χ1v) is 12.7. The van der Waals surface area contributed by atoms with Crippen molar-refractivity contribution in [2.45, 2.75) is 17.6 Å². The van der Waals surface area contributed by atoms with E-state index in [4.69, 9.17) is 37.4 Å². The molecule has 0 radical (unpaired) electrons. The van der Waals surface area contributed by atoms with Gasteiger partial charge in [-0.3, -0.25) is 0 Å². The zero-order valence-corrected chi connectivity index (χ0v) is 21.7. The Balaban J connectivity index is 2.01. The highest BCUT2D eigenvalue weighted by Gasteiger charge is 2.33. The minimum absolute atomic E-state index is 0.0156. The van der Waals surface area contributed by atoms with Gasteiger partial charge in [0.15, 0.2) is 0 Å². The molecule has 0 aliphatic rings. The van der Waals surface area contributed by atoms with Crippen molar-refractivity contribution >= 4 is 39.3 Å². The lowest BCUT2D eigenvalue weighted by Crippen LogP contribution is -2.35.